The van der Waals surface area contributed by atoms with Crippen molar-refractivity contribution in [2.24, 2.45) is 5.92 Å². The highest BCUT2D eigenvalue weighted by atomic mass is 35.5. The largest absolute Gasteiger partial charge is 0.487 e. The third kappa shape index (κ3) is 3.54. The van der Waals surface area contributed by atoms with E-state index in [0.717, 1.165) is 35.3 Å². The van der Waals surface area contributed by atoms with Crippen LogP contribution in [0.15, 0.2) is 36.7 Å². The van der Waals surface area contributed by atoms with E-state index in [4.69, 9.17) is 16.3 Å². The first-order valence-corrected chi connectivity index (χ1v) is 8.63. The van der Waals surface area contributed by atoms with Crippen LogP contribution in [0.4, 0.5) is 0 Å². The van der Waals surface area contributed by atoms with Crippen LogP contribution in [-0.2, 0) is 11.2 Å². The Hall–Kier alpha value is -2.07. The fourth-order valence-electron chi connectivity index (χ4n) is 2.83. The zero-order valence-corrected chi connectivity index (χ0v) is 14.6. The zero-order valence-electron chi connectivity index (χ0n) is 13.9. The third-order valence-electron chi connectivity index (χ3n) is 4.42. The molecule has 2 aromatic rings. The van der Waals surface area contributed by atoms with E-state index in [-0.39, 0.29) is 17.9 Å². The predicted molar refractivity (Wildman–Crippen MR) is 95.3 cm³/mol. The Bertz CT molecular complexity index is 734. The number of hydrogen-bond donors (Lipinski definition) is 1. The molecule has 3 rings (SSSR count). The van der Waals surface area contributed by atoms with Crippen LogP contribution in [0.2, 0.25) is 5.02 Å². The summed E-state index contributed by atoms with van der Waals surface area (Å²) in [6.07, 6.45) is 5.02. The van der Waals surface area contributed by atoms with E-state index in [1.165, 1.54) is 0 Å². The van der Waals surface area contributed by atoms with Gasteiger partial charge in [0.1, 0.15) is 11.9 Å². The quantitative estimate of drug-likeness (QED) is 0.895. The average Bonchev–Trinajstić information content (AvgIpc) is 3.01. The Kier molecular flexibility index (Phi) is 5.05. The number of fused-ring (bicyclic) bond motifs is 1. The van der Waals surface area contributed by atoms with Gasteiger partial charge in [0.2, 0.25) is 5.91 Å². The SMILES string of the molecule is CC[C@@H](C)C(=O)NC[C@H]1Cc2cc(Cl)cc(-c3ccncc3)c2O1. The zero-order chi connectivity index (χ0) is 17.1. The van der Waals surface area contributed by atoms with Crippen molar-refractivity contribution in [2.75, 3.05) is 6.54 Å². The van der Waals surface area contributed by atoms with Crippen LogP contribution in [-0.4, -0.2) is 23.5 Å². The molecule has 0 spiro atoms. The number of rotatable bonds is 5. The van der Waals surface area contributed by atoms with Gasteiger partial charge in [0.05, 0.1) is 6.54 Å². The molecule has 0 aliphatic carbocycles. The molecule has 1 amide bonds. The van der Waals surface area contributed by atoms with Crippen LogP contribution >= 0.6 is 11.6 Å². The van der Waals surface area contributed by atoms with Gasteiger partial charge in [-0.3, -0.25) is 9.78 Å². The molecule has 2 atom stereocenters. The van der Waals surface area contributed by atoms with Gasteiger partial charge in [-0.1, -0.05) is 25.4 Å². The summed E-state index contributed by atoms with van der Waals surface area (Å²) < 4.78 is 6.12. The number of carbonyl (C=O) groups excluding carboxylic acids is 1. The normalized spacial score (nSPS) is 17.0. The molecule has 24 heavy (non-hydrogen) atoms. The van der Waals surface area contributed by atoms with Crippen molar-refractivity contribution >= 4 is 17.5 Å². The molecule has 126 valence electrons. The van der Waals surface area contributed by atoms with Crippen LogP contribution in [0.5, 0.6) is 5.75 Å². The van der Waals surface area contributed by atoms with Gasteiger partial charge in [0, 0.05) is 40.9 Å². The lowest BCUT2D eigenvalue weighted by Gasteiger charge is -2.15. The van der Waals surface area contributed by atoms with Gasteiger partial charge in [0.15, 0.2) is 0 Å². The van der Waals surface area contributed by atoms with Crippen molar-refractivity contribution < 1.29 is 9.53 Å². The Morgan fingerprint density at radius 1 is 1.42 bits per heavy atom. The molecule has 2 heterocycles. The maximum Gasteiger partial charge on any atom is 0.222 e. The second-order valence-corrected chi connectivity index (χ2v) is 6.61. The minimum atomic E-state index is -0.0629. The standard InChI is InChI=1S/C19H21ClN2O2/c1-3-12(2)19(23)22-11-16-9-14-8-15(20)10-17(18(14)24-16)13-4-6-21-7-5-13/h4-8,10,12,16H,3,9,11H2,1-2H3,(H,22,23)/t12-,16-/m1/s1. The summed E-state index contributed by atoms with van der Waals surface area (Å²) in [7, 11) is 0. The highest BCUT2D eigenvalue weighted by Crippen LogP contribution is 2.40. The molecule has 0 saturated carbocycles. The number of hydrogen-bond acceptors (Lipinski definition) is 3. The average molecular weight is 345 g/mol. The first kappa shape index (κ1) is 16.8. The first-order chi connectivity index (χ1) is 11.6. The molecule has 1 aromatic carbocycles. The smallest absolute Gasteiger partial charge is 0.222 e. The Balaban J connectivity index is 1.76. The minimum absolute atomic E-state index is 0.0237. The maximum absolute atomic E-state index is 12.0. The van der Waals surface area contributed by atoms with Crippen molar-refractivity contribution in [3.05, 3.63) is 47.2 Å². The van der Waals surface area contributed by atoms with Gasteiger partial charge in [-0.15, -0.1) is 0 Å². The number of nitrogens with one attached hydrogen (secondary N) is 1. The van der Waals surface area contributed by atoms with E-state index in [1.807, 2.05) is 38.1 Å². The lowest BCUT2D eigenvalue weighted by molar-refractivity contribution is -0.124. The second kappa shape index (κ2) is 7.22. The monoisotopic (exact) mass is 344 g/mol. The molecule has 1 aliphatic heterocycles. The van der Waals surface area contributed by atoms with Crippen molar-refractivity contribution in [1.29, 1.82) is 0 Å². The summed E-state index contributed by atoms with van der Waals surface area (Å²) in [5, 5.41) is 3.67. The van der Waals surface area contributed by atoms with Crippen molar-refractivity contribution in [1.82, 2.24) is 10.3 Å². The number of carbonyl (C=O) groups is 1. The summed E-state index contributed by atoms with van der Waals surface area (Å²) in [5.74, 6) is 0.952. The van der Waals surface area contributed by atoms with E-state index in [1.54, 1.807) is 12.4 Å². The molecule has 0 saturated heterocycles. The van der Waals surface area contributed by atoms with Gasteiger partial charge < -0.3 is 10.1 Å². The lowest BCUT2D eigenvalue weighted by atomic mass is 10.0. The van der Waals surface area contributed by atoms with E-state index in [2.05, 4.69) is 10.3 Å². The maximum atomic E-state index is 12.0. The van der Waals surface area contributed by atoms with E-state index < -0.39 is 0 Å². The number of ether oxygens (including phenoxy) is 1. The number of halogens is 1. The van der Waals surface area contributed by atoms with Crippen LogP contribution in [0.25, 0.3) is 11.1 Å². The molecule has 0 radical (unpaired) electrons. The lowest BCUT2D eigenvalue weighted by Crippen LogP contribution is -2.37. The molecule has 1 N–H and O–H groups in total. The molecule has 1 aliphatic rings. The Morgan fingerprint density at radius 2 is 2.17 bits per heavy atom. The Morgan fingerprint density at radius 3 is 2.88 bits per heavy atom. The van der Waals surface area contributed by atoms with Crippen LogP contribution in [0, 0.1) is 5.92 Å². The topological polar surface area (TPSA) is 51.2 Å². The third-order valence-corrected chi connectivity index (χ3v) is 4.64. The number of pyridine rings is 1. The molecule has 5 heteroatoms. The van der Waals surface area contributed by atoms with Crippen molar-refractivity contribution in [3.63, 3.8) is 0 Å². The summed E-state index contributed by atoms with van der Waals surface area (Å²) in [4.78, 5) is 16.0. The minimum Gasteiger partial charge on any atom is -0.487 e. The molecular weight excluding hydrogens is 324 g/mol. The number of nitrogens with zero attached hydrogens (tertiary/aromatic N) is 1. The van der Waals surface area contributed by atoms with Crippen molar-refractivity contribution in [3.8, 4) is 16.9 Å². The first-order valence-electron chi connectivity index (χ1n) is 8.25. The van der Waals surface area contributed by atoms with Gasteiger partial charge >= 0.3 is 0 Å². The molecule has 4 nitrogen and oxygen atoms in total. The summed E-state index contributed by atoms with van der Waals surface area (Å²) in [5.41, 5.74) is 3.07. The van der Waals surface area contributed by atoms with E-state index in [0.29, 0.717) is 11.6 Å². The molecular formula is C19H21ClN2O2. The molecule has 0 unspecified atom stereocenters. The second-order valence-electron chi connectivity index (χ2n) is 6.18. The molecule has 0 fully saturated rings. The van der Waals surface area contributed by atoms with Gasteiger partial charge in [0.25, 0.3) is 0 Å². The van der Waals surface area contributed by atoms with Crippen molar-refractivity contribution in [2.45, 2.75) is 32.8 Å². The van der Waals surface area contributed by atoms with E-state index in [9.17, 15) is 4.79 Å². The number of amides is 1. The molecule has 1 aromatic heterocycles. The summed E-state index contributed by atoms with van der Waals surface area (Å²) >= 11 is 6.27. The summed E-state index contributed by atoms with van der Waals surface area (Å²) in [6, 6.07) is 7.73. The fraction of sp³-hybridized carbons (Fsp3) is 0.368. The van der Waals surface area contributed by atoms with Crippen LogP contribution in [0.3, 0.4) is 0 Å². The van der Waals surface area contributed by atoms with Gasteiger partial charge in [-0.05, 0) is 36.2 Å². The van der Waals surface area contributed by atoms with Gasteiger partial charge in [-0.25, -0.2) is 0 Å². The van der Waals surface area contributed by atoms with E-state index >= 15 is 0 Å². The molecule has 0 bridgehead atoms. The van der Waals surface area contributed by atoms with Crippen LogP contribution < -0.4 is 10.1 Å². The fourth-order valence-corrected chi connectivity index (χ4v) is 3.07. The Labute approximate surface area is 147 Å². The van der Waals surface area contributed by atoms with Crippen LogP contribution in [0.1, 0.15) is 25.8 Å². The highest BCUT2D eigenvalue weighted by Gasteiger charge is 2.27. The number of benzene rings is 1. The number of aromatic nitrogens is 1. The summed E-state index contributed by atoms with van der Waals surface area (Å²) in [6.45, 7) is 4.45. The predicted octanol–water partition coefficient (Wildman–Crippen LogP) is 3.87. The van der Waals surface area contributed by atoms with Gasteiger partial charge in [-0.2, -0.15) is 0 Å². The highest BCUT2D eigenvalue weighted by molar-refractivity contribution is 6.31.